The summed E-state index contributed by atoms with van der Waals surface area (Å²) in [5.74, 6) is 1.50. The molecule has 1 unspecified atom stereocenters. The van der Waals surface area contributed by atoms with Gasteiger partial charge in [-0.1, -0.05) is 32.8 Å². The standard InChI is InChI=1S/C10H19O2P/c1-3-13(11,4-2)12-10-8-6-5-7-9-10/h3,10H,1,4-9H2,2H3. The number of rotatable bonds is 4. The fourth-order valence-corrected chi connectivity index (χ4v) is 2.88. The van der Waals surface area contributed by atoms with Gasteiger partial charge in [0.25, 0.3) is 0 Å². The summed E-state index contributed by atoms with van der Waals surface area (Å²) in [5, 5.41) is 0. The van der Waals surface area contributed by atoms with Gasteiger partial charge in [-0.2, -0.15) is 0 Å². The van der Waals surface area contributed by atoms with E-state index < -0.39 is 7.37 Å². The third-order valence-electron chi connectivity index (χ3n) is 2.60. The first-order valence-corrected chi connectivity index (χ1v) is 6.99. The van der Waals surface area contributed by atoms with Crippen LogP contribution in [0.15, 0.2) is 12.4 Å². The Balaban J connectivity index is 2.45. The summed E-state index contributed by atoms with van der Waals surface area (Å²) in [6, 6.07) is 0. The average Bonchev–Trinajstić information content (AvgIpc) is 2.19. The molecule has 1 saturated carbocycles. The Morgan fingerprint density at radius 2 is 2.08 bits per heavy atom. The third-order valence-corrected chi connectivity index (χ3v) is 4.69. The van der Waals surface area contributed by atoms with Crippen LogP contribution in [0.25, 0.3) is 0 Å². The summed E-state index contributed by atoms with van der Waals surface area (Å²) in [4.78, 5) is 0. The van der Waals surface area contributed by atoms with Crippen molar-refractivity contribution in [1.82, 2.24) is 0 Å². The molecule has 0 aromatic heterocycles. The highest BCUT2D eigenvalue weighted by Gasteiger charge is 2.23. The SMILES string of the molecule is C=CP(=O)(CC)OC1CCCCC1. The first kappa shape index (κ1) is 11.0. The molecule has 0 heterocycles. The second-order valence-electron chi connectivity index (χ2n) is 3.59. The van der Waals surface area contributed by atoms with Gasteiger partial charge in [0.1, 0.15) is 0 Å². The fraction of sp³-hybridized carbons (Fsp3) is 0.800. The van der Waals surface area contributed by atoms with Crippen LogP contribution in [0.2, 0.25) is 0 Å². The molecule has 0 aliphatic heterocycles. The van der Waals surface area contributed by atoms with Crippen molar-refractivity contribution in [3.05, 3.63) is 12.4 Å². The lowest BCUT2D eigenvalue weighted by atomic mass is 9.98. The van der Waals surface area contributed by atoms with E-state index >= 15 is 0 Å². The van der Waals surface area contributed by atoms with Crippen LogP contribution < -0.4 is 0 Å². The zero-order valence-corrected chi connectivity index (χ0v) is 9.26. The van der Waals surface area contributed by atoms with Crippen molar-refractivity contribution in [2.75, 3.05) is 6.16 Å². The van der Waals surface area contributed by atoms with Crippen LogP contribution in [0.4, 0.5) is 0 Å². The minimum Gasteiger partial charge on any atom is -0.322 e. The summed E-state index contributed by atoms with van der Waals surface area (Å²) in [6.07, 6.45) is 6.65. The first-order chi connectivity index (χ1) is 6.20. The lowest BCUT2D eigenvalue weighted by Gasteiger charge is -2.25. The highest BCUT2D eigenvalue weighted by Crippen LogP contribution is 2.50. The van der Waals surface area contributed by atoms with E-state index in [9.17, 15) is 4.57 Å². The van der Waals surface area contributed by atoms with E-state index in [1.54, 1.807) is 0 Å². The normalized spacial score (nSPS) is 23.8. The molecule has 13 heavy (non-hydrogen) atoms. The summed E-state index contributed by atoms with van der Waals surface area (Å²) in [5.41, 5.74) is 0. The quantitative estimate of drug-likeness (QED) is 0.648. The molecule has 0 aromatic rings. The van der Waals surface area contributed by atoms with Gasteiger partial charge in [0, 0.05) is 6.16 Å². The Morgan fingerprint density at radius 1 is 1.46 bits per heavy atom. The van der Waals surface area contributed by atoms with Crippen LogP contribution in [0.5, 0.6) is 0 Å². The van der Waals surface area contributed by atoms with Crippen LogP contribution in [0.1, 0.15) is 39.0 Å². The van der Waals surface area contributed by atoms with Crippen LogP contribution in [-0.4, -0.2) is 12.3 Å². The van der Waals surface area contributed by atoms with Crippen molar-refractivity contribution in [3.63, 3.8) is 0 Å². The van der Waals surface area contributed by atoms with Gasteiger partial charge in [0.2, 0.25) is 7.37 Å². The molecule has 0 amide bonds. The van der Waals surface area contributed by atoms with E-state index in [1.807, 2.05) is 6.92 Å². The summed E-state index contributed by atoms with van der Waals surface area (Å²) >= 11 is 0. The molecule has 2 nitrogen and oxygen atoms in total. The smallest absolute Gasteiger partial charge is 0.224 e. The Hall–Kier alpha value is -0.0700. The molecule has 1 rings (SSSR count). The third kappa shape index (κ3) is 3.28. The molecule has 76 valence electrons. The maximum atomic E-state index is 11.9. The first-order valence-electron chi connectivity index (χ1n) is 5.11. The highest BCUT2D eigenvalue weighted by atomic mass is 31.2. The predicted molar refractivity (Wildman–Crippen MR) is 56.3 cm³/mol. The molecule has 0 N–H and O–H groups in total. The molecular weight excluding hydrogens is 183 g/mol. The van der Waals surface area contributed by atoms with Crippen LogP contribution >= 0.6 is 7.37 Å². The van der Waals surface area contributed by atoms with Gasteiger partial charge in [0.15, 0.2) is 0 Å². The average molecular weight is 202 g/mol. The van der Waals surface area contributed by atoms with Crippen LogP contribution in [-0.2, 0) is 9.09 Å². The summed E-state index contributed by atoms with van der Waals surface area (Å²) in [6.45, 7) is 5.48. The van der Waals surface area contributed by atoms with E-state index in [1.165, 1.54) is 25.1 Å². The Kier molecular flexibility index (Phi) is 4.21. The topological polar surface area (TPSA) is 26.3 Å². The fourth-order valence-electron chi connectivity index (χ4n) is 1.67. The molecule has 0 aromatic carbocycles. The van der Waals surface area contributed by atoms with E-state index in [2.05, 4.69) is 6.58 Å². The van der Waals surface area contributed by atoms with Crippen molar-refractivity contribution >= 4 is 7.37 Å². The van der Waals surface area contributed by atoms with E-state index in [0.717, 1.165) is 12.8 Å². The van der Waals surface area contributed by atoms with Gasteiger partial charge < -0.3 is 4.52 Å². The Labute approximate surface area is 80.8 Å². The van der Waals surface area contributed by atoms with Gasteiger partial charge in [-0.15, -0.1) is 0 Å². The minimum absolute atomic E-state index is 0.220. The predicted octanol–water partition coefficient (Wildman–Crippen LogP) is 3.78. The molecule has 3 heteroatoms. The number of hydrogen-bond acceptors (Lipinski definition) is 2. The van der Waals surface area contributed by atoms with E-state index in [-0.39, 0.29) is 6.10 Å². The van der Waals surface area contributed by atoms with Crippen molar-refractivity contribution < 1.29 is 9.09 Å². The molecule has 0 spiro atoms. The summed E-state index contributed by atoms with van der Waals surface area (Å²) in [7, 11) is -2.49. The summed E-state index contributed by atoms with van der Waals surface area (Å²) < 4.78 is 17.5. The number of hydrogen-bond donors (Lipinski definition) is 0. The van der Waals surface area contributed by atoms with E-state index in [4.69, 9.17) is 4.52 Å². The maximum Gasteiger partial charge on any atom is 0.224 e. The van der Waals surface area contributed by atoms with Gasteiger partial charge in [-0.3, -0.25) is 4.57 Å². The van der Waals surface area contributed by atoms with Gasteiger partial charge >= 0.3 is 0 Å². The van der Waals surface area contributed by atoms with Crippen LogP contribution in [0.3, 0.4) is 0 Å². The van der Waals surface area contributed by atoms with Crippen molar-refractivity contribution in [1.29, 1.82) is 0 Å². The molecular formula is C10H19O2P. The second kappa shape index (κ2) is 4.97. The van der Waals surface area contributed by atoms with Crippen molar-refractivity contribution in [3.8, 4) is 0 Å². The highest BCUT2D eigenvalue weighted by molar-refractivity contribution is 7.62. The van der Waals surface area contributed by atoms with Crippen molar-refractivity contribution in [2.45, 2.75) is 45.1 Å². The molecule has 0 saturated heterocycles. The van der Waals surface area contributed by atoms with Crippen LogP contribution in [0, 0.1) is 0 Å². The molecule has 1 atom stereocenters. The largest absolute Gasteiger partial charge is 0.322 e. The zero-order chi connectivity index (χ0) is 9.73. The monoisotopic (exact) mass is 202 g/mol. The molecule has 0 bridgehead atoms. The molecule has 0 radical (unpaired) electrons. The molecule has 1 aliphatic rings. The molecule has 1 aliphatic carbocycles. The van der Waals surface area contributed by atoms with Gasteiger partial charge in [0.05, 0.1) is 6.10 Å². The second-order valence-corrected chi connectivity index (χ2v) is 6.25. The Bertz CT molecular complexity index is 207. The minimum atomic E-state index is -2.49. The van der Waals surface area contributed by atoms with E-state index in [0.29, 0.717) is 6.16 Å². The molecule has 1 fully saturated rings. The zero-order valence-electron chi connectivity index (χ0n) is 8.37. The lowest BCUT2D eigenvalue weighted by Crippen LogP contribution is -2.15. The van der Waals surface area contributed by atoms with Gasteiger partial charge in [-0.25, -0.2) is 0 Å². The lowest BCUT2D eigenvalue weighted by molar-refractivity contribution is 0.161. The van der Waals surface area contributed by atoms with Gasteiger partial charge in [-0.05, 0) is 18.7 Å². The van der Waals surface area contributed by atoms with Crippen molar-refractivity contribution in [2.24, 2.45) is 0 Å². The Morgan fingerprint density at radius 3 is 2.54 bits per heavy atom. The maximum absolute atomic E-state index is 11.9.